The summed E-state index contributed by atoms with van der Waals surface area (Å²) in [4.78, 5) is 0. The van der Waals surface area contributed by atoms with Gasteiger partial charge in [-0.05, 0) is 32.4 Å². The van der Waals surface area contributed by atoms with Crippen molar-refractivity contribution in [3.8, 4) is 0 Å². The average molecular weight is 175 g/mol. The van der Waals surface area contributed by atoms with Crippen molar-refractivity contribution in [2.24, 2.45) is 0 Å². The van der Waals surface area contributed by atoms with Crippen molar-refractivity contribution in [3.63, 3.8) is 0 Å². The minimum absolute atomic E-state index is 0.367. The molecule has 3 nitrogen and oxygen atoms in total. The normalized spacial score (nSPS) is 11.4. The summed E-state index contributed by atoms with van der Waals surface area (Å²) in [5.74, 6) is 0. The summed E-state index contributed by atoms with van der Waals surface area (Å²) in [5, 5.41) is 8.27. The number of hydrogen-bond donors (Lipinski definition) is 0. The van der Waals surface area contributed by atoms with Crippen LogP contribution in [-0.4, -0.2) is 15.0 Å². The fourth-order valence-corrected chi connectivity index (χ4v) is 1.48. The first kappa shape index (κ1) is 8.23. The van der Waals surface area contributed by atoms with Crippen LogP contribution in [0, 0.1) is 6.92 Å². The maximum atomic E-state index is 4.15. The second-order valence-electron chi connectivity index (χ2n) is 3.57. The molecule has 1 heterocycles. The third-order valence-electron chi connectivity index (χ3n) is 2.19. The van der Waals surface area contributed by atoms with E-state index in [0.29, 0.717) is 6.04 Å². The first-order chi connectivity index (χ1) is 6.20. The lowest BCUT2D eigenvalue weighted by Crippen LogP contribution is -2.02. The Hall–Kier alpha value is -1.38. The zero-order valence-electron chi connectivity index (χ0n) is 8.15. The monoisotopic (exact) mass is 175 g/mol. The average Bonchev–Trinajstić information content (AvgIpc) is 2.48. The Morgan fingerprint density at radius 2 is 2.08 bits per heavy atom. The van der Waals surface area contributed by atoms with E-state index in [1.54, 1.807) is 0 Å². The molecule has 1 aromatic carbocycles. The Labute approximate surface area is 77.4 Å². The zero-order chi connectivity index (χ0) is 9.42. The number of benzene rings is 1. The van der Waals surface area contributed by atoms with Crippen LogP contribution in [0.4, 0.5) is 0 Å². The summed E-state index contributed by atoms with van der Waals surface area (Å²) in [7, 11) is 0. The topological polar surface area (TPSA) is 30.7 Å². The molecule has 0 saturated heterocycles. The number of nitrogens with zero attached hydrogens (tertiary/aromatic N) is 3. The molecule has 0 N–H and O–H groups in total. The highest BCUT2D eigenvalue weighted by Crippen LogP contribution is 2.17. The van der Waals surface area contributed by atoms with Gasteiger partial charge in [0, 0.05) is 6.04 Å². The van der Waals surface area contributed by atoms with Gasteiger partial charge in [0.05, 0.1) is 5.52 Å². The van der Waals surface area contributed by atoms with E-state index in [4.69, 9.17) is 0 Å². The van der Waals surface area contributed by atoms with Crippen molar-refractivity contribution in [3.05, 3.63) is 23.8 Å². The third kappa shape index (κ3) is 1.20. The van der Waals surface area contributed by atoms with Crippen molar-refractivity contribution in [2.45, 2.75) is 26.8 Å². The molecule has 0 aliphatic rings. The summed E-state index contributed by atoms with van der Waals surface area (Å²) < 4.78 is 1.95. The second kappa shape index (κ2) is 2.83. The second-order valence-corrected chi connectivity index (χ2v) is 3.57. The Morgan fingerprint density at radius 3 is 2.77 bits per heavy atom. The van der Waals surface area contributed by atoms with E-state index in [0.717, 1.165) is 11.0 Å². The molecular weight excluding hydrogens is 162 g/mol. The Kier molecular flexibility index (Phi) is 1.79. The van der Waals surface area contributed by atoms with Crippen molar-refractivity contribution in [1.82, 2.24) is 15.0 Å². The van der Waals surface area contributed by atoms with Crippen LogP contribution < -0.4 is 0 Å². The number of aryl methyl sites for hydroxylation is 1. The third-order valence-corrected chi connectivity index (χ3v) is 2.19. The summed E-state index contributed by atoms with van der Waals surface area (Å²) in [5.41, 5.74) is 3.32. The molecule has 0 aliphatic heterocycles. The molecule has 0 fully saturated rings. The first-order valence-electron chi connectivity index (χ1n) is 4.50. The van der Waals surface area contributed by atoms with Gasteiger partial charge < -0.3 is 0 Å². The molecule has 1 aromatic heterocycles. The lowest BCUT2D eigenvalue weighted by molar-refractivity contribution is 0.530. The van der Waals surface area contributed by atoms with Gasteiger partial charge in [-0.1, -0.05) is 17.3 Å². The predicted molar refractivity (Wildman–Crippen MR) is 52.7 cm³/mol. The van der Waals surface area contributed by atoms with Gasteiger partial charge in [0.15, 0.2) is 0 Å². The molecule has 0 saturated carbocycles. The van der Waals surface area contributed by atoms with Gasteiger partial charge >= 0.3 is 0 Å². The predicted octanol–water partition coefficient (Wildman–Crippen LogP) is 2.32. The maximum absolute atomic E-state index is 4.15. The number of rotatable bonds is 1. The van der Waals surface area contributed by atoms with Crippen LogP contribution in [0.3, 0.4) is 0 Å². The standard InChI is InChI=1S/C10H13N3/c1-7(2)13-9-6-4-5-8(3)10(9)11-12-13/h4-7H,1-3H3. The number of aromatic nitrogens is 3. The van der Waals surface area contributed by atoms with Gasteiger partial charge in [-0.3, -0.25) is 0 Å². The van der Waals surface area contributed by atoms with Crippen molar-refractivity contribution < 1.29 is 0 Å². The zero-order valence-corrected chi connectivity index (χ0v) is 8.15. The van der Waals surface area contributed by atoms with Gasteiger partial charge in [0.2, 0.25) is 0 Å². The van der Waals surface area contributed by atoms with Crippen LogP contribution in [0.5, 0.6) is 0 Å². The van der Waals surface area contributed by atoms with Crippen LogP contribution in [0.25, 0.3) is 11.0 Å². The summed E-state index contributed by atoms with van der Waals surface area (Å²) >= 11 is 0. The molecule has 2 aromatic rings. The van der Waals surface area contributed by atoms with Crippen molar-refractivity contribution >= 4 is 11.0 Å². The fraction of sp³-hybridized carbons (Fsp3) is 0.400. The molecule has 68 valence electrons. The lowest BCUT2D eigenvalue weighted by atomic mass is 10.2. The fourth-order valence-electron chi connectivity index (χ4n) is 1.48. The van der Waals surface area contributed by atoms with Crippen molar-refractivity contribution in [1.29, 1.82) is 0 Å². The summed E-state index contributed by atoms with van der Waals surface area (Å²) in [6.07, 6.45) is 0. The van der Waals surface area contributed by atoms with Gasteiger partial charge in [0.25, 0.3) is 0 Å². The lowest BCUT2D eigenvalue weighted by Gasteiger charge is -2.04. The Morgan fingerprint density at radius 1 is 1.31 bits per heavy atom. The van der Waals surface area contributed by atoms with Crippen LogP contribution in [0.15, 0.2) is 18.2 Å². The number of fused-ring (bicyclic) bond motifs is 1. The molecule has 2 rings (SSSR count). The smallest absolute Gasteiger partial charge is 0.116 e. The highest BCUT2D eigenvalue weighted by Gasteiger charge is 2.07. The molecule has 0 amide bonds. The molecular formula is C10H13N3. The first-order valence-corrected chi connectivity index (χ1v) is 4.50. The molecule has 3 heteroatoms. The van der Waals surface area contributed by atoms with Crippen LogP contribution in [0.2, 0.25) is 0 Å². The van der Waals surface area contributed by atoms with E-state index in [1.165, 1.54) is 5.56 Å². The maximum Gasteiger partial charge on any atom is 0.116 e. The summed E-state index contributed by atoms with van der Waals surface area (Å²) in [6, 6.07) is 6.52. The largest absolute Gasteiger partial charge is 0.242 e. The Bertz CT molecular complexity index is 429. The minimum atomic E-state index is 0.367. The van der Waals surface area contributed by atoms with Gasteiger partial charge in [-0.25, -0.2) is 4.68 Å². The molecule has 0 unspecified atom stereocenters. The van der Waals surface area contributed by atoms with Gasteiger partial charge in [-0.15, -0.1) is 5.10 Å². The quantitative estimate of drug-likeness (QED) is 0.666. The van der Waals surface area contributed by atoms with E-state index < -0.39 is 0 Å². The molecule has 0 aliphatic carbocycles. The van der Waals surface area contributed by atoms with Crippen LogP contribution in [-0.2, 0) is 0 Å². The van der Waals surface area contributed by atoms with Gasteiger partial charge in [-0.2, -0.15) is 0 Å². The van der Waals surface area contributed by atoms with Crippen molar-refractivity contribution in [2.75, 3.05) is 0 Å². The van der Waals surface area contributed by atoms with E-state index in [1.807, 2.05) is 10.7 Å². The van der Waals surface area contributed by atoms with E-state index >= 15 is 0 Å². The minimum Gasteiger partial charge on any atom is -0.242 e. The summed E-state index contributed by atoms with van der Waals surface area (Å²) in [6.45, 7) is 6.27. The Balaban J connectivity index is 2.75. The SMILES string of the molecule is Cc1cccc2c1nnn2C(C)C. The highest BCUT2D eigenvalue weighted by molar-refractivity contribution is 5.77. The molecule has 0 radical (unpaired) electrons. The molecule has 0 spiro atoms. The van der Waals surface area contributed by atoms with Crippen LogP contribution in [0.1, 0.15) is 25.5 Å². The van der Waals surface area contributed by atoms with E-state index in [2.05, 4.69) is 43.2 Å². The molecule has 0 bridgehead atoms. The van der Waals surface area contributed by atoms with E-state index in [9.17, 15) is 0 Å². The van der Waals surface area contributed by atoms with Crippen LogP contribution >= 0.6 is 0 Å². The molecule has 0 atom stereocenters. The van der Waals surface area contributed by atoms with E-state index in [-0.39, 0.29) is 0 Å². The van der Waals surface area contributed by atoms with Gasteiger partial charge in [0.1, 0.15) is 5.52 Å². The molecule has 13 heavy (non-hydrogen) atoms. The highest BCUT2D eigenvalue weighted by atomic mass is 15.4. The number of hydrogen-bond acceptors (Lipinski definition) is 2.